The second-order valence-corrected chi connectivity index (χ2v) is 6.73. The summed E-state index contributed by atoms with van der Waals surface area (Å²) in [6.07, 6.45) is 0. The number of aromatic nitrogens is 2. The highest BCUT2D eigenvalue weighted by Crippen LogP contribution is 2.29. The van der Waals surface area contributed by atoms with Crippen LogP contribution in [0.25, 0.3) is 11.4 Å². The smallest absolute Gasteiger partial charge is 0.161 e. The number of halogens is 2. The lowest BCUT2D eigenvalue weighted by molar-refractivity contribution is 0.808. The van der Waals surface area contributed by atoms with E-state index in [4.69, 9.17) is 16.6 Å². The van der Waals surface area contributed by atoms with Crippen molar-refractivity contribution in [2.24, 2.45) is 0 Å². The zero-order valence-corrected chi connectivity index (χ0v) is 15.6. The van der Waals surface area contributed by atoms with Crippen LogP contribution in [0.3, 0.4) is 0 Å². The molecule has 0 aliphatic heterocycles. The summed E-state index contributed by atoms with van der Waals surface area (Å²) in [6, 6.07) is 5.95. The summed E-state index contributed by atoms with van der Waals surface area (Å²) in [5.41, 5.74) is 3.07. The monoisotopic (exact) mass is 415 g/mol. The molecule has 0 saturated heterocycles. The second-order valence-electron chi connectivity index (χ2n) is 5.24. The molecule has 0 radical (unpaired) electrons. The molecule has 0 amide bonds. The van der Waals surface area contributed by atoms with Gasteiger partial charge in [-0.15, -0.1) is 0 Å². The molecule has 0 atom stereocenters. The minimum absolute atomic E-state index is 0.344. The highest BCUT2D eigenvalue weighted by Gasteiger charge is 2.15. The Morgan fingerprint density at radius 2 is 2.00 bits per heavy atom. The maximum Gasteiger partial charge on any atom is 0.161 e. The van der Waals surface area contributed by atoms with Crippen LogP contribution in [-0.2, 0) is 0 Å². The number of aryl methyl sites for hydroxylation is 1. The molecule has 0 unspecified atom stereocenters. The van der Waals surface area contributed by atoms with Crippen LogP contribution in [0.1, 0.15) is 37.9 Å². The predicted molar refractivity (Wildman–Crippen MR) is 98.2 cm³/mol. The van der Waals surface area contributed by atoms with Crippen molar-refractivity contribution in [3.05, 3.63) is 38.0 Å². The summed E-state index contributed by atoms with van der Waals surface area (Å²) >= 11 is 8.54. The third kappa shape index (κ3) is 3.66. The van der Waals surface area contributed by atoms with E-state index in [1.165, 1.54) is 0 Å². The lowest BCUT2D eigenvalue weighted by Crippen LogP contribution is -2.09. The van der Waals surface area contributed by atoms with Crippen LogP contribution < -0.4 is 5.32 Å². The van der Waals surface area contributed by atoms with Gasteiger partial charge in [0.1, 0.15) is 5.82 Å². The molecule has 5 heteroatoms. The molecule has 2 aromatic rings. The standard InChI is InChI=1S/C16H19ClIN3/c1-5-19-16-13(18)14(9(2)3)20-15(21-16)11-7-6-10(4)12(17)8-11/h6-9H,5H2,1-4H3,(H,19,20,21). The first-order valence-corrected chi connectivity index (χ1v) is 8.47. The van der Waals surface area contributed by atoms with E-state index in [-0.39, 0.29) is 0 Å². The molecule has 0 spiro atoms. The molecule has 1 aromatic carbocycles. The van der Waals surface area contributed by atoms with Crippen LogP contribution in [0.2, 0.25) is 5.02 Å². The molecular weight excluding hydrogens is 397 g/mol. The first-order chi connectivity index (χ1) is 9.93. The van der Waals surface area contributed by atoms with E-state index in [0.29, 0.717) is 5.92 Å². The summed E-state index contributed by atoms with van der Waals surface area (Å²) in [4.78, 5) is 9.40. The summed E-state index contributed by atoms with van der Waals surface area (Å²) in [5, 5.41) is 4.06. The van der Waals surface area contributed by atoms with Gasteiger partial charge in [0.05, 0.1) is 9.26 Å². The summed E-state index contributed by atoms with van der Waals surface area (Å²) in [7, 11) is 0. The van der Waals surface area contributed by atoms with Gasteiger partial charge in [-0.25, -0.2) is 9.97 Å². The highest BCUT2D eigenvalue weighted by molar-refractivity contribution is 14.1. The fraction of sp³-hybridized carbons (Fsp3) is 0.375. The van der Waals surface area contributed by atoms with Crippen LogP contribution >= 0.6 is 34.2 Å². The van der Waals surface area contributed by atoms with Gasteiger partial charge in [0.2, 0.25) is 0 Å². The number of benzene rings is 1. The van der Waals surface area contributed by atoms with E-state index in [1.807, 2.05) is 25.1 Å². The van der Waals surface area contributed by atoms with Crippen molar-refractivity contribution < 1.29 is 0 Å². The first kappa shape index (κ1) is 16.5. The van der Waals surface area contributed by atoms with Crippen LogP contribution in [0.15, 0.2) is 18.2 Å². The third-order valence-corrected chi connectivity index (χ3v) is 4.67. The number of anilines is 1. The quantitative estimate of drug-likeness (QED) is 0.692. The Bertz CT molecular complexity index is 656. The van der Waals surface area contributed by atoms with E-state index in [0.717, 1.165) is 43.6 Å². The van der Waals surface area contributed by atoms with Gasteiger partial charge in [-0.1, -0.05) is 37.6 Å². The van der Waals surface area contributed by atoms with Gasteiger partial charge in [0.15, 0.2) is 5.82 Å². The van der Waals surface area contributed by atoms with Crippen molar-refractivity contribution >= 4 is 40.0 Å². The molecule has 2 rings (SSSR count). The minimum atomic E-state index is 0.344. The van der Waals surface area contributed by atoms with Crippen LogP contribution in [0.5, 0.6) is 0 Å². The Labute approximate surface area is 144 Å². The van der Waals surface area contributed by atoms with Crippen molar-refractivity contribution in [3.63, 3.8) is 0 Å². The first-order valence-electron chi connectivity index (χ1n) is 7.01. The summed E-state index contributed by atoms with van der Waals surface area (Å²) in [5.74, 6) is 1.96. The predicted octanol–water partition coefficient (Wildman–Crippen LogP) is 5.27. The normalized spacial score (nSPS) is 11.0. The molecule has 0 fully saturated rings. The van der Waals surface area contributed by atoms with Crippen LogP contribution in [0.4, 0.5) is 5.82 Å². The Kier molecular flexibility index (Phi) is 5.43. The molecule has 0 aliphatic rings. The van der Waals surface area contributed by atoms with Crippen LogP contribution in [-0.4, -0.2) is 16.5 Å². The number of hydrogen-bond acceptors (Lipinski definition) is 3. The molecule has 3 nitrogen and oxygen atoms in total. The van der Waals surface area contributed by atoms with Gasteiger partial charge >= 0.3 is 0 Å². The molecule has 0 bridgehead atoms. The third-order valence-electron chi connectivity index (χ3n) is 3.20. The van der Waals surface area contributed by atoms with Gasteiger partial charge in [0, 0.05) is 17.1 Å². The van der Waals surface area contributed by atoms with Crippen molar-refractivity contribution in [1.29, 1.82) is 0 Å². The molecular formula is C16H19ClIN3. The zero-order valence-electron chi connectivity index (χ0n) is 12.7. The summed E-state index contributed by atoms with van der Waals surface area (Å²) < 4.78 is 1.09. The number of nitrogens with zero attached hydrogens (tertiary/aromatic N) is 2. The zero-order chi connectivity index (χ0) is 15.6. The number of nitrogens with one attached hydrogen (secondary N) is 1. The van der Waals surface area contributed by atoms with Crippen molar-refractivity contribution in [3.8, 4) is 11.4 Å². The fourth-order valence-corrected chi connectivity index (χ4v) is 3.23. The highest BCUT2D eigenvalue weighted by atomic mass is 127. The average Bonchev–Trinajstić information content (AvgIpc) is 2.44. The van der Waals surface area contributed by atoms with E-state index < -0.39 is 0 Å². The molecule has 112 valence electrons. The minimum Gasteiger partial charge on any atom is -0.369 e. The van der Waals surface area contributed by atoms with Crippen molar-refractivity contribution in [2.45, 2.75) is 33.6 Å². The van der Waals surface area contributed by atoms with Gasteiger partial charge in [-0.05, 0) is 54.0 Å². The van der Waals surface area contributed by atoms with Gasteiger partial charge in [0.25, 0.3) is 0 Å². The number of rotatable bonds is 4. The number of hydrogen-bond donors (Lipinski definition) is 1. The Hall–Kier alpha value is -0.880. The largest absolute Gasteiger partial charge is 0.369 e. The van der Waals surface area contributed by atoms with E-state index in [2.05, 4.69) is 53.7 Å². The maximum absolute atomic E-state index is 6.23. The lowest BCUT2D eigenvalue weighted by atomic mass is 10.1. The van der Waals surface area contributed by atoms with Gasteiger partial charge in [-0.2, -0.15) is 0 Å². The van der Waals surface area contributed by atoms with Crippen molar-refractivity contribution in [1.82, 2.24) is 9.97 Å². The molecule has 21 heavy (non-hydrogen) atoms. The SMILES string of the molecule is CCNc1nc(-c2ccc(C)c(Cl)c2)nc(C(C)C)c1I. The van der Waals surface area contributed by atoms with Crippen LogP contribution in [0, 0.1) is 10.5 Å². The Morgan fingerprint density at radius 1 is 1.29 bits per heavy atom. The Balaban J connectivity index is 2.59. The molecule has 0 aliphatic carbocycles. The Morgan fingerprint density at radius 3 is 2.57 bits per heavy atom. The average molecular weight is 416 g/mol. The van der Waals surface area contributed by atoms with E-state index in [9.17, 15) is 0 Å². The molecule has 1 heterocycles. The molecule has 0 saturated carbocycles. The van der Waals surface area contributed by atoms with Gasteiger partial charge in [-0.3, -0.25) is 0 Å². The van der Waals surface area contributed by atoms with Crippen molar-refractivity contribution in [2.75, 3.05) is 11.9 Å². The molecule has 1 aromatic heterocycles. The summed E-state index contributed by atoms with van der Waals surface area (Å²) in [6.45, 7) is 9.18. The fourth-order valence-electron chi connectivity index (χ4n) is 1.99. The lowest BCUT2D eigenvalue weighted by Gasteiger charge is -2.14. The maximum atomic E-state index is 6.23. The molecule has 1 N–H and O–H groups in total. The van der Waals surface area contributed by atoms with E-state index >= 15 is 0 Å². The second kappa shape index (κ2) is 6.92. The topological polar surface area (TPSA) is 37.8 Å². The van der Waals surface area contributed by atoms with Gasteiger partial charge < -0.3 is 5.32 Å². The van der Waals surface area contributed by atoms with E-state index in [1.54, 1.807) is 0 Å².